The van der Waals surface area contributed by atoms with Gasteiger partial charge in [0.2, 0.25) is 0 Å². The third kappa shape index (κ3) is 4.04. The smallest absolute Gasteiger partial charge is 0.379 e. The number of rotatable bonds is 5. The quantitative estimate of drug-likeness (QED) is 0.840. The van der Waals surface area contributed by atoms with Crippen molar-refractivity contribution in [3.63, 3.8) is 0 Å². The normalized spacial score (nSPS) is 11.9. The Bertz CT molecular complexity index is 394. The van der Waals surface area contributed by atoms with Crippen LogP contribution in [0.1, 0.15) is 5.56 Å². The summed E-state index contributed by atoms with van der Waals surface area (Å²) in [5.41, 5.74) is -0.392. The van der Waals surface area contributed by atoms with Crippen LogP contribution in [0.15, 0.2) is 18.2 Å². The van der Waals surface area contributed by atoms with E-state index in [-0.39, 0.29) is 11.6 Å². The van der Waals surface area contributed by atoms with Gasteiger partial charge in [-0.15, -0.1) is 0 Å². The molecule has 0 radical (unpaired) electrons. The molecule has 1 rings (SSSR count). The molecule has 102 valence electrons. The summed E-state index contributed by atoms with van der Waals surface area (Å²) in [6.07, 6.45) is -4.90. The molecule has 7 heteroatoms. The minimum atomic E-state index is -4.40. The summed E-state index contributed by atoms with van der Waals surface area (Å²) in [5, 5.41) is 2.84. The van der Waals surface area contributed by atoms with E-state index < -0.39 is 18.0 Å². The van der Waals surface area contributed by atoms with Crippen LogP contribution in [0.2, 0.25) is 5.02 Å². The molecule has 0 spiro atoms. The fourth-order valence-corrected chi connectivity index (χ4v) is 1.54. The van der Waals surface area contributed by atoms with Crippen LogP contribution >= 0.6 is 11.6 Å². The van der Waals surface area contributed by atoms with Crippen LogP contribution in [0.25, 0.3) is 0 Å². The minimum Gasteiger partial charge on any atom is -0.379 e. The lowest BCUT2D eigenvalue weighted by molar-refractivity contribution is -0.137. The van der Waals surface area contributed by atoms with E-state index in [0.29, 0.717) is 5.69 Å². The molecule has 0 aromatic heterocycles. The van der Waals surface area contributed by atoms with E-state index in [4.69, 9.17) is 21.1 Å². The third-order valence-electron chi connectivity index (χ3n) is 2.28. The van der Waals surface area contributed by atoms with Crippen molar-refractivity contribution < 1.29 is 22.6 Å². The molecule has 0 saturated carbocycles. The number of hydrogen-bond acceptors (Lipinski definition) is 3. The highest BCUT2D eigenvalue weighted by Crippen LogP contribution is 2.33. The number of alkyl halides is 3. The van der Waals surface area contributed by atoms with Crippen LogP contribution in [0.3, 0.4) is 0 Å². The molecule has 1 aromatic carbocycles. The maximum Gasteiger partial charge on any atom is 0.416 e. The Hall–Kier alpha value is -0.980. The van der Waals surface area contributed by atoms with Crippen molar-refractivity contribution in [2.45, 2.75) is 12.5 Å². The van der Waals surface area contributed by atoms with Gasteiger partial charge in [-0.25, -0.2) is 0 Å². The van der Waals surface area contributed by atoms with Crippen molar-refractivity contribution >= 4 is 17.3 Å². The van der Waals surface area contributed by atoms with Gasteiger partial charge in [0.25, 0.3) is 0 Å². The topological polar surface area (TPSA) is 30.5 Å². The van der Waals surface area contributed by atoms with Gasteiger partial charge in [0.05, 0.1) is 22.8 Å². The Balaban J connectivity index is 2.74. The number of hydrogen-bond donors (Lipinski definition) is 1. The van der Waals surface area contributed by atoms with Crippen molar-refractivity contribution in [1.29, 1.82) is 0 Å². The maximum atomic E-state index is 12.4. The number of benzene rings is 1. The first-order chi connectivity index (χ1) is 8.38. The van der Waals surface area contributed by atoms with Gasteiger partial charge >= 0.3 is 6.18 Å². The number of halogens is 4. The molecular formula is C11H13ClF3NO2. The average molecular weight is 284 g/mol. The van der Waals surface area contributed by atoms with Crippen LogP contribution in [0.4, 0.5) is 18.9 Å². The van der Waals surface area contributed by atoms with Gasteiger partial charge in [-0.1, -0.05) is 11.6 Å². The second-order valence-electron chi connectivity index (χ2n) is 3.47. The summed E-state index contributed by atoms with van der Waals surface area (Å²) in [7, 11) is 2.93. The lowest BCUT2D eigenvalue weighted by Crippen LogP contribution is -2.23. The largest absolute Gasteiger partial charge is 0.416 e. The van der Waals surface area contributed by atoms with Crippen LogP contribution in [-0.2, 0) is 15.7 Å². The predicted molar refractivity (Wildman–Crippen MR) is 62.7 cm³/mol. The van der Waals surface area contributed by atoms with E-state index >= 15 is 0 Å². The van der Waals surface area contributed by atoms with E-state index in [1.807, 2.05) is 0 Å². The van der Waals surface area contributed by atoms with Gasteiger partial charge in [0.15, 0.2) is 6.29 Å². The Morgan fingerprint density at radius 3 is 2.33 bits per heavy atom. The van der Waals surface area contributed by atoms with Crippen LogP contribution < -0.4 is 5.32 Å². The van der Waals surface area contributed by atoms with E-state index in [0.717, 1.165) is 12.1 Å². The summed E-state index contributed by atoms with van der Waals surface area (Å²) in [5.74, 6) is 0. The molecule has 0 aliphatic rings. The van der Waals surface area contributed by atoms with Crippen molar-refractivity contribution in [2.75, 3.05) is 26.1 Å². The van der Waals surface area contributed by atoms with Crippen molar-refractivity contribution in [1.82, 2.24) is 0 Å². The summed E-state index contributed by atoms with van der Waals surface area (Å²) in [4.78, 5) is 0. The Kier molecular flexibility index (Phi) is 5.25. The van der Waals surface area contributed by atoms with Crippen molar-refractivity contribution in [3.8, 4) is 0 Å². The van der Waals surface area contributed by atoms with Gasteiger partial charge in [0, 0.05) is 14.2 Å². The molecule has 18 heavy (non-hydrogen) atoms. The van der Waals surface area contributed by atoms with Gasteiger partial charge in [-0.2, -0.15) is 13.2 Å². The first-order valence-corrected chi connectivity index (χ1v) is 5.42. The number of ether oxygens (including phenoxy) is 2. The lowest BCUT2D eigenvalue weighted by atomic mass is 10.2. The maximum absolute atomic E-state index is 12.4. The Labute approximate surface area is 108 Å². The second kappa shape index (κ2) is 6.26. The Morgan fingerprint density at radius 1 is 1.28 bits per heavy atom. The van der Waals surface area contributed by atoms with E-state index in [2.05, 4.69) is 5.32 Å². The molecule has 0 saturated heterocycles. The molecule has 0 amide bonds. The van der Waals surface area contributed by atoms with Gasteiger partial charge in [-0.05, 0) is 18.2 Å². The van der Waals surface area contributed by atoms with Gasteiger partial charge < -0.3 is 14.8 Å². The summed E-state index contributed by atoms with van der Waals surface area (Å²) in [6.45, 7) is 0.276. The highest BCUT2D eigenvalue weighted by Gasteiger charge is 2.30. The minimum absolute atomic E-state index is 0.00391. The predicted octanol–water partition coefficient (Wildman–Crippen LogP) is 3.39. The molecular weight excluding hydrogens is 271 g/mol. The van der Waals surface area contributed by atoms with Crippen LogP contribution in [0.5, 0.6) is 0 Å². The zero-order valence-corrected chi connectivity index (χ0v) is 10.6. The van der Waals surface area contributed by atoms with Crippen LogP contribution in [0, 0.1) is 0 Å². The monoisotopic (exact) mass is 283 g/mol. The summed E-state index contributed by atoms with van der Waals surface area (Å²) in [6, 6.07) is 3.11. The first kappa shape index (κ1) is 15.1. The summed E-state index contributed by atoms with van der Waals surface area (Å²) < 4.78 is 47.1. The van der Waals surface area contributed by atoms with Gasteiger partial charge in [0.1, 0.15) is 0 Å². The fourth-order valence-electron chi connectivity index (χ4n) is 1.29. The highest BCUT2D eigenvalue weighted by molar-refractivity contribution is 6.33. The zero-order valence-electron chi connectivity index (χ0n) is 9.84. The van der Waals surface area contributed by atoms with Gasteiger partial charge in [-0.3, -0.25) is 0 Å². The molecule has 0 unspecified atom stereocenters. The highest BCUT2D eigenvalue weighted by atomic mass is 35.5. The molecule has 0 bridgehead atoms. The molecule has 0 heterocycles. The third-order valence-corrected chi connectivity index (χ3v) is 2.59. The standard InChI is InChI=1S/C11H13ClF3NO2/c1-17-10(18-2)6-16-9-4-3-7(5-8(9)12)11(13,14)15/h3-5,10,16H,6H2,1-2H3. The van der Waals surface area contributed by atoms with E-state index in [9.17, 15) is 13.2 Å². The van der Waals surface area contributed by atoms with E-state index in [1.165, 1.54) is 20.3 Å². The van der Waals surface area contributed by atoms with Crippen molar-refractivity contribution in [3.05, 3.63) is 28.8 Å². The fraction of sp³-hybridized carbons (Fsp3) is 0.455. The molecule has 0 aliphatic carbocycles. The van der Waals surface area contributed by atoms with Crippen molar-refractivity contribution in [2.24, 2.45) is 0 Å². The number of nitrogens with one attached hydrogen (secondary N) is 1. The average Bonchev–Trinajstić information content (AvgIpc) is 2.30. The van der Waals surface area contributed by atoms with Crippen LogP contribution in [-0.4, -0.2) is 27.1 Å². The SMILES string of the molecule is COC(CNc1ccc(C(F)(F)F)cc1Cl)OC. The molecule has 1 N–H and O–H groups in total. The second-order valence-corrected chi connectivity index (χ2v) is 3.88. The molecule has 3 nitrogen and oxygen atoms in total. The molecule has 1 aromatic rings. The molecule has 0 fully saturated rings. The first-order valence-electron chi connectivity index (χ1n) is 5.04. The number of anilines is 1. The lowest BCUT2D eigenvalue weighted by Gasteiger charge is -2.16. The molecule has 0 atom stereocenters. The zero-order chi connectivity index (χ0) is 13.8. The Morgan fingerprint density at radius 2 is 1.89 bits per heavy atom. The molecule has 0 aliphatic heterocycles. The number of methoxy groups -OCH3 is 2. The van der Waals surface area contributed by atoms with E-state index in [1.54, 1.807) is 0 Å². The summed E-state index contributed by atoms with van der Waals surface area (Å²) >= 11 is 5.76.